The Morgan fingerprint density at radius 1 is 1.18 bits per heavy atom. The number of carbonyl (C=O) groups excluding carboxylic acids is 2. The van der Waals surface area contributed by atoms with E-state index in [-0.39, 0.29) is 11.8 Å². The number of carbonyl (C=O) groups is 2. The van der Waals surface area contributed by atoms with Gasteiger partial charge in [-0.05, 0) is 37.2 Å². The normalized spacial score (nSPS) is 22.2. The molecule has 1 unspecified atom stereocenters. The van der Waals surface area contributed by atoms with E-state index in [1.54, 1.807) is 18.3 Å². The van der Waals surface area contributed by atoms with Crippen LogP contribution in [0, 0.1) is 5.92 Å². The van der Waals surface area contributed by atoms with Gasteiger partial charge in [-0.3, -0.25) is 9.59 Å². The van der Waals surface area contributed by atoms with Crippen LogP contribution in [0.25, 0.3) is 0 Å². The molecule has 1 aromatic rings. The molecule has 2 heterocycles. The number of hydrogen-bond donors (Lipinski definition) is 0. The second kappa shape index (κ2) is 6.41. The number of thiophene rings is 1. The Hall–Kier alpha value is -1.36. The summed E-state index contributed by atoms with van der Waals surface area (Å²) in [6, 6.07) is 0. The number of rotatable bonds is 1. The standard InChI is InChI=1S/C17H24N2O2S/c1-12-4-5-14-15(11-22-16(14)10-12)17(21)19-7-3-6-18(8-9-19)13(2)20/h11-12H,3-10H2,1-2H3. The first-order chi connectivity index (χ1) is 10.6. The second-order valence-electron chi connectivity index (χ2n) is 6.55. The summed E-state index contributed by atoms with van der Waals surface area (Å²) in [6.07, 6.45) is 4.21. The van der Waals surface area contributed by atoms with Crippen LogP contribution < -0.4 is 0 Å². The van der Waals surface area contributed by atoms with Gasteiger partial charge in [-0.15, -0.1) is 11.3 Å². The SMILES string of the molecule is CC(=O)N1CCCN(C(=O)c2csc3c2CCC(C)C3)CC1. The number of amides is 2. The van der Waals surface area contributed by atoms with Crippen molar-refractivity contribution in [2.45, 2.75) is 39.5 Å². The molecule has 120 valence electrons. The van der Waals surface area contributed by atoms with Crippen LogP contribution in [0.4, 0.5) is 0 Å². The quantitative estimate of drug-likeness (QED) is 0.798. The van der Waals surface area contributed by atoms with E-state index < -0.39 is 0 Å². The first kappa shape index (κ1) is 15.5. The van der Waals surface area contributed by atoms with Gasteiger partial charge in [0.15, 0.2) is 0 Å². The lowest BCUT2D eigenvalue weighted by Gasteiger charge is -2.23. The zero-order valence-electron chi connectivity index (χ0n) is 13.4. The van der Waals surface area contributed by atoms with Gasteiger partial charge in [0.05, 0.1) is 5.56 Å². The van der Waals surface area contributed by atoms with Crippen molar-refractivity contribution in [1.82, 2.24) is 9.80 Å². The van der Waals surface area contributed by atoms with E-state index in [1.165, 1.54) is 16.9 Å². The highest BCUT2D eigenvalue weighted by atomic mass is 32.1. The molecule has 3 rings (SSSR count). The van der Waals surface area contributed by atoms with Crippen molar-refractivity contribution in [3.63, 3.8) is 0 Å². The summed E-state index contributed by atoms with van der Waals surface area (Å²) in [5, 5.41) is 2.05. The zero-order chi connectivity index (χ0) is 15.7. The molecule has 0 bridgehead atoms. The van der Waals surface area contributed by atoms with Crippen molar-refractivity contribution >= 4 is 23.2 Å². The van der Waals surface area contributed by atoms with E-state index in [0.717, 1.165) is 43.8 Å². The molecule has 0 N–H and O–H groups in total. The molecule has 0 saturated carbocycles. The van der Waals surface area contributed by atoms with Crippen LogP contribution >= 0.6 is 11.3 Å². The molecule has 1 aliphatic carbocycles. The molecule has 1 saturated heterocycles. The first-order valence-corrected chi connectivity index (χ1v) is 9.08. The summed E-state index contributed by atoms with van der Waals surface area (Å²) in [4.78, 5) is 29.6. The minimum atomic E-state index is 0.108. The Morgan fingerprint density at radius 3 is 2.68 bits per heavy atom. The minimum Gasteiger partial charge on any atom is -0.341 e. The molecule has 22 heavy (non-hydrogen) atoms. The molecule has 2 amide bonds. The van der Waals surface area contributed by atoms with Crippen LogP contribution in [0.3, 0.4) is 0 Å². The predicted molar refractivity (Wildman–Crippen MR) is 88.3 cm³/mol. The topological polar surface area (TPSA) is 40.6 Å². The number of fused-ring (bicyclic) bond motifs is 1. The lowest BCUT2D eigenvalue weighted by Crippen LogP contribution is -2.36. The molecule has 4 nitrogen and oxygen atoms in total. The van der Waals surface area contributed by atoms with Gasteiger partial charge in [0.25, 0.3) is 5.91 Å². The molecule has 1 fully saturated rings. The fourth-order valence-corrected chi connectivity index (χ4v) is 4.70. The highest BCUT2D eigenvalue weighted by Gasteiger charge is 2.27. The largest absolute Gasteiger partial charge is 0.341 e. The highest BCUT2D eigenvalue weighted by molar-refractivity contribution is 7.10. The molecule has 0 spiro atoms. The molecule has 5 heteroatoms. The van der Waals surface area contributed by atoms with Crippen LogP contribution in [-0.2, 0) is 17.6 Å². The van der Waals surface area contributed by atoms with E-state index in [4.69, 9.17) is 0 Å². The van der Waals surface area contributed by atoms with Gasteiger partial charge in [0.1, 0.15) is 0 Å². The molecular formula is C17H24N2O2S. The summed E-state index contributed by atoms with van der Waals surface area (Å²) < 4.78 is 0. The maximum absolute atomic E-state index is 12.9. The summed E-state index contributed by atoms with van der Waals surface area (Å²) in [5.41, 5.74) is 2.21. The van der Waals surface area contributed by atoms with Crippen LogP contribution in [0.15, 0.2) is 5.38 Å². The van der Waals surface area contributed by atoms with E-state index in [0.29, 0.717) is 13.1 Å². The average Bonchev–Trinajstić information content (AvgIpc) is 2.74. The van der Waals surface area contributed by atoms with Gasteiger partial charge in [-0.25, -0.2) is 0 Å². The van der Waals surface area contributed by atoms with E-state index in [1.807, 2.05) is 9.80 Å². The Kier molecular flexibility index (Phi) is 4.52. The highest BCUT2D eigenvalue weighted by Crippen LogP contribution is 2.33. The van der Waals surface area contributed by atoms with Gasteiger partial charge in [-0.2, -0.15) is 0 Å². The van der Waals surface area contributed by atoms with Crippen molar-refractivity contribution in [2.75, 3.05) is 26.2 Å². The molecule has 1 aliphatic heterocycles. The Morgan fingerprint density at radius 2 is 1.91 bits per heavy atom. The van der Waals surface area contributed by atoms with E-state index in [9.17, 15) is 9.59 Å². The monoisotopic (exact) mass is 320 g/mol. The molecule has 0 aromatic carbocycles. The van der Waals surface area contributed by atoms with Crippen molar-refractivity contribution < 1.29 is 9.59 Å². The van der Waals surface area contributed by atoms with E-state index in [2.05, 4.69) is 12.3 Å². The maximum Gasteiger partial charge on any atom is 0.255 e. The Labute approximate surface area is 136 Å². The smallest absolute Gasteiger partial charge is 0.255 e. The molecule has 2 aliphatic rings. The third-order valence-electron chi connectivity index (χ3n) is 4.86. The van der Waals surface area contributed by atoms with Gasteiger partial charge in [-0.1, -0.05) is 6.92 Å². The van der Waals surface area contributed by atoms with Gasteiger partial charge in [0, 0.05) is 43.4 Å². The van der Waals surface area contributed by atoms with Crippen LogP contribution in [0.1, 0.15) is 47.5 Å². The Balaban J connectivity index is 1.73. The summed E-state index contributed by atoms with van der Waals surface area (Å²) in [6.45, 7) is 6.72. The number of hydrogen-bond acceptors (Lipinski definition) is 3. The maximum atomic E-state index is 12.9. The summed E-state index contributed by atoms with van der Waals surface area (Å²) >= 11 is 1.75. The van der Waals surface area contributed by atoms with Crippen molar-refractivity contribution in [1.29, 1.82) is 0 Å². The van der Waals surface area contributed by atoms with Crippen molar-refractivity contribution in [3.05, 3.63) is 21.4 Å². The van der Waals surface area contributed by atoms with Gasteiger partial charge in [0.2, 0.25) is 5.91 Å². The van der Waals surface area contributed by atoms with Crippen LogP contribution in [0.5, 0.6) is 0 Å². The third kappa shape index (κ3) is 3.05. The van der Waals surface area contributed by atoms with Crippen LogP contribution in [0.2, 0.25) is 0 Å². The summed E-state index contributed by atoms with van der Waals surface area (Å²) in [5.74, 6) is 1.00. The fourth-order valence-electron chi connectivity index (χ4n) is 3.46. The van der Waals surface area contributed by atoms with Crippen molar-refractivity contribution in [3.8, 4) is 0 Å². The predicted octanol–water partition coefficient (Wildman–Crippen LogP) is 2.57. The molecule has 0 radical (unpaired) electrons. The lowest BCUT2D eigenvalue weighted by atomic mass is 9.88. The summed E-state index contributed by atoms with van der Waals surface area (Å²) in [7, 11) is 0. The van der Waals surface area contributed by atoms with Gasteiger partial charge >= 0.3 is 0 Å². The van der Waals surface area contributed by atoms with Gasteiger partial charge < -0.3 is 9.80 Å². The third-order valence-corrected chi connectivity index (χ3v) is 5.91. The zero-order valence-corrected chi connectivity index (χ0v) is 14.2. The van der Waals surface area contributed by atoms with Crippen LogP contribution in [-0.4, -0.2) is 47.8 Å². The fraction of sp³-hybridized carbons (Fsp3) is 0.647. The molecular weight excluding hydrogens is 296 g/mol. The van der Waals surface area contributed by atoms with Crippen molar-refractivity contribution in [2.24, 2.45) is 5.92 Å². The second-order valence-corrected chi connectivity index (χ2v) is 7.52. The number of nitrogens with zero attached hydrogens (tertiary/aromatic N) is 2. The minimum absolute atomic E-state index is 0.108. The molecule has 1 aromatic heterocycles. The van der Waals surface area contributed by atoms with E-state index >= 15 is 0 Å². The Bertz CT molecular complexity index is 581. The lowest BCUT2D eigenvalue weighted by molar-refractivity contribution is -0.128. The average molecular weight is 320 g/mol. The first-order valence-electron chi connectivity index (χ1n) is 8.20. The molecule has 1 atom stereocenters.